The van der Waals surface area contributed by atoms with Crippen molar-refractivity contribution in [2.45, 2.75) is 18.7 Å². The van der Waals surface area contributed by atoms with Crippen molar-refractivity contribution in [2.24, 2.45) is 0 Å². The summed E-state index contributed by atoms with van der Waals surface area (Å²) < 4.78 is 30.0. The maximum Gasteiger partial charge on any atom is 0.341 e. The lowest BCUT2D eigenvalue weighted by Gasteiger charge is -2.03. The van der Waals surface area contributed by atoms with Gasteiger partial charge in [-0.25, -0.2) is 17.7 Å². The summed E-state index contributed by atoms with van der Waals surface area (Å²) in [6.07, 6.45) is 2.89. The fraction of sp³-hybridized carbons (Fsp3) is 0.333. The molecule has 0 bridgehead atoms. The zero-order chi connectivity index (χ0) is 14.0. The van der Waals surface area contributed by atoms with Gasteiger partial charge < -0.3 is 4.74 Å². The molecule has 0 aromatic carbocycles. The van der Waals surface area contributed by atoms with Crippen LogP contribution in [0.3, 0.4) is 0 Å². The zero-order valence-electron chi connectivity index (χ0n) is 10.7. The van der Waals surface area contributed by atoms with E-state index in [-0.39, 0.29) is 22.8 Å². The lowest BCUT2D eigenvalue weighted by atomic mass is 10.2. The molecule has 0 saturated heterocycles. The molecule has 0 unspecified atom stereocenters. The van der Waals surface area contributed by atoms with Crippen molar-refractivity contribution in [3.8, 4) is 0 Å². The first-order chi connectivity index (χ1) is 8.99. The van der Waals surface area contributed by atoms with Crippen LogP contribution in [0.2, 0.25) is 0 Å². The summed E-state index contributed by atoms with van der Waals surface area (Å²) in [7, 11) is -3.32. The van der Waals surface area contributed by atoms with Gasteiger partial charge in [0.25, 0.3) is 0 Å². The highest BCUT2D eigenvalue weighted by Crippen LogP contribution is 2.18. The fourth-order valence-electron chi connectivity index (χ4n) is 1.69. The molecule has 7 heteroatoms. The number of ether oxygens (including phenoxy) is 1. The molecule has 0 atom stereocenters. The third-order valence-electron chi connectivity index (χ3n) is 2.73. The van der Waals surface area contributed by atoms with Crippen LogP contribution in [0, 0.1) is 0 Å². The number of pyridine rings is 1. The van der Waals surface area contributed by atoms with Gasteiger partial charge in [-0.05, 0) is 19.1 Å². The van der Waals surface area contributed by atoms with Gasteiger partial charge in [0.2, 0.25) is 0 Å². The Balaban J connectivity index is 2.58. The molecular formula is C12H14N2O4S. The number of sulfone groups is 1. The minimum atomic E-state index is -3.32. The minimum Gasteiger partial charge on any atom is -0.462 e. The van der Waals surface area contributed by atoms with Gasteiger partial charge in [-0.1, -0.05) is 6.92 Å². The largest absolute Gasteiger partial charge is 0.462 e. The molecule has 0 N–H and O–H groups in total. The van der Waals surface area contributed by atoms with Crippen molar-refractivity contribution in [3.63, 3.8) is 0 Å². The van der Waals surface area contributed by atoms with E-state index in [2.05, 4.69) is 5.10 Å². The van der Waals surface area contributed by atoms with Gasteiger partial charge in [0.1, 0.15) is 5.56 Å². The van der Waals surface area contributed by atoms with E-state index in [0.29, 0.717) is 5.52 Å². The summed E-state index contributed by atoms with van der Waals surface area (Å²) in [5.41, 5.74) is 0.683. The fourth-order valence-corrected chi connectivity index (χ4v) is 2.58. The molecule has 2 aromatic rings. The second kappa shape index (κ2) is 5.00. The first-order valence-electron chi connectivity index (χ1n) is 5.87. The monoisotopic (exact) mass is 282 g/mol. The SMILES string of the molecule is CCOC(=O)c1cnn2ccc(S(=O)(=O)CC)cc12. The smallest absolute Gasteiger partial charge is 0.341 e. The number of fused-ring (bicyclic) bond motifs is 1. The molecular weight excluding hydrogens is 268 g/mol. The van der Waals surface area contributed by atoms with Gasteiger partial charge >= 0.3 is 5.97 Å². The van der Waals surface area contributed by atoms with Crippen molar-refractivity contribution in [2.75, 3.05) is 12.4 Å². The molecule has 0 fully saturated rings. The minimum absolute atomic E-state index is 0.00600. The van der Waals surface area contributed by atoms with Gasteiger partial charge in [-0.3, -0.25) is 0 Å². The third kappa shape index (κ3) is 2.46. The Morgan fingerprint density at radius 1 is 1.42 bits per heavy atom. The average molecular weight is 282 g/mol. The summed E-state index contributed by atoms with van der Waals surface area (Å²) in [6, 6.07) is 2.91. The molecule has 0 amide bonds. The predicted molar refractivity (Wildman–Crippen MR) is 68.9 cm³/mol. The maximum atomic E-state index is 11.8. The Kier molecular flexibility index (Phi) is 3.57. The van der Waals surface area contributed by atoms with Gasteiger partial charge in [0.05, 0.1) is 29.0 Å². The topological polar surface area (TPSA) is 77.7 Å². The summed E-state index contributed by atoms with van der Waals surface area (Å²) in [4.78, 5) is 11.9. The van der Waals surface area contributed by atoms with Crippen molar-refractivity contribution < 1.29 is 17.9 Å². The Hall–Kier alpha value is -1.89. The molecule has 0 saturated carbocycles. The summed E-state index contributed by atoms with van der Waals surface area (Å²) in [6.45, 7) is 3.53. The Labute approximate surface area is 110 Å². The van der Waals surface area contributed by atoms with Gasteiger partial charge in [-0.15, -0.1) is 0 Å². The molecule has 0 spiro atoms. The van der Waals surface area contributed by atoms with Crippen LogP contribution in [0.25, 0.3) is 5.52 Å². The molecule has 0 aliphatic heterocycles. The Morgan fingerprint density at radius 3 is 2.79 bits per heavy atom. The number of hydrogen-bond acceptors (Lipinski definition) is 5. The Morgan fingerprint density at radius 2 is 2.16 bits per heavy atom. The quantitative estimate of drug-likeness (QED) is 0.790. The van der Waals surface area contributed by atoms with Gasteiger partial charge in [-0.2, -0.15) is 5.10 Å². The Bertz CT molecular complexity index is 718. The molecule has 6 nitrogen and oxygen atoms in total. The van der Waals surface area contributed by atoms with Crippen molar-refractivity contribution in [3.05, 3.63) is 30.1 Å². The maximum absolute atomic E-state index is 11.8. The highest BCUT2D eigenvalue weighted by molar-refractivity contribution is 7.91. The zero-order valence-corrected chi connectivity index (χ0v) is 11.5. The van der Waals surface area contributed by atoms with Crippen LogP contribution in [0.5, 0.6) is 0 Å². The van der Waals surface area contributed by atoms with Crippen LogP contribution in [0.4, 0.5) is 0 Å². The number of hydrogen-bond donors (Lipinski definition) is 0. The van der Waals surface area contributed by atoms with E-state index in [0.717, 1.165) is 0 Å². The van der Waals surface area contributed by atoms with Gasteiger partial charge in [0, 0.05) is 6.20 Å². The highest BCUT2D eigenvalue weighted by atomic mass is 32.2. The molecule has 102 valence electrons. The standard InChI is InChI=1S/C12H14N2O4S/c1-3-18-12(15)10-8-13-14-6-5-9(7-11(10)14)19(16,17)4-2/h5-8H,3-4H2,1-2H3. The van der Waals surface area contributed by atoms with Crippen LogP contribution in [0.1, 0.15) is 24.2 Å². The number of rotatable bonds is 4. The second-order valence-electron chi connectivity index (χ2n) is 3.87. The molecule has 2 aromatic heterocycles. The third-order valence-corrected chi connectivity index (χ3v) is 4.46. The molecule has 19 heavy (non-hydrogen) atoms. The lowest BCUT2D eigenvalue weighted by Crippen LogP contribution is -2.06. The van der Waals surface area contributed by atoms with Crippen LogP contribution < -0.4 is 0 Å². The number of carbonyl (C=O) groups excluding carboxylic acids is 1. The van der Waals surface area contributed by atoms with E-state index in [1.807, 2.05) is 0 Å². The summed E-state index contributed by atoms with van der Waals surface area (Å²) in [5.74, 6) is -0.505. The van der Waals surface area contributed by atoms with Crippen LogP contribution in [0.15, 0.2) is 29.4 Å². The molecule has 0 radical (unpaired) electrons. The normalized spacial score (nSPS) is 11.7. The predicted octanol–water partition coefficient (Wildman–Crippen LogP) is 1.30. The van der Waals surface area contributed by atoms with Crippen molar-refractivity contribution in [1.82, 2.24) is 9.61 Å². The summed E-state index contributed by atoms with van der Waals surface area (Å²) >= 11 is 0. The number of carbonyl (C=O) groups is 1. The van der Waals surface area contributed by atoms with Crippen LogP contribution >= 0.6 is 0 Å². The molecule has 2 heterocycles. The van der Waals surface area contributed by atoms with E-state index in [9.17, 15) is 13.2 Å². The van der Waals surface area contributed by atoms with E-state index >= 15 is 0 Å². The van der Waals surface area contributed by atoms with E-state index in [1.165, 1.54) is 29.0 Å². The molecule has 0 aliphatic carbocycles. The first-order valence-corrected chi connectivity index (χ1v) is 7.52. The van der Waals surface area contributed by atoms with E-state index in [4.69, 9.17) is 4.74 Å². The average Bonchev–Trinajstić information content (AvgIpc) is 2.81. The molecule has 0 aliphatic rings. The van der Waals surface area contributed by atoms with E-state index in [1.54, 1.807) is 13.8 Å². The van der Waals surface area contributed by atoms with Crippen LogP contribution in [-0.2, 0) is 14.6 Å². The second-order valence-corrected chi connectivity index (χ2v) is 6.15. The number of nitrogens with zero attached hydrogens (tertiary/aromatic N) is 2. The first kappa shape index (κ1) is 13.5. The number of aromatic nitrogens is 2. The van der Waals surface area contributed by atoms with Crippen molar-refractivity contribution >= 4 is 21.3 Å². The van der Waals surface area contributed by atoms with Crippen LogP contribution in [-0.4, -0.2) is 36.4 Å². The lowest BCUT2D eigenvalue weighted by molar-refractivity contribution is 0.0528. The highest BCUT2D eigenvalue weighted by Gasteiger charge is 2.17. The molecule has 2 rings (SSSR count). The van der Waals surface area contributed by atoms with Crippen molar-refractivity contribution in [1.29, 1.82) is 0 Å². The number of esters is 1. The summed E-state index contributed by atoms with van der Waals surface area (Å²) in [5, 5.41) is 3.99. The van der Waals surface area contributed by atoms with Gasteiger partial charge in [0.15, 0.2) is 9.84 Å². The van der Waals surface area contributed by atoms with E-state index < -0.39 is 15.8 Å².